The summed E-state index contributed by atoms with van der Waals surface area (Å²) in [5, 5.41) is 5.69. The van der Waals surface area contributed by atoms with Crippen LogP contribution in [0.1, 0.15) is 12.8 Å². The molecule has 0 unspecified atom stereocenters. The molecule has 1 fully saturated rings. The Morgan fingerprint density at radius 3 is 2.50 bits per heavy atom. The van der Waals surface area contributed by atoms with Crippen LogP contribution in [-0.4, -0.2) is 55.7 Å². The van der Waals surface area contributed by atoms with Gasteiger partial charge in [0.05, 0.1) is 38.9 Å². The smallest absolute Gasteiger partial charge is 0.270 e. The maximum Gasteiger partial charge on any atom is 0.270 e. The lowest BCUT2D eigenvalue weighted by Crippen LogP contribution is -3.12. The predicted molar refractivity (Wildman–Crippen MR) is 83.8 cm³/mol. The Labute approximate surface area is 130 Å². The summed E-state index contributed by atoms with van der Waals surface area (Å²) >= 11 is 0. The van der Waals surface area contributed by atoms with Gasteiger partial charge in [0.2, 0.25) is 5.91 Å². The first-order chi connectivity index (χ1) is 10.6. The normalized spacial score (nSPS) is 20.0. The number of piperazine rings is 1. The summed E-state index contributed by atoms with van der Waals surface area (Å²) in [5.41, 5.74) is 1.20. The summed E-state index contributed by atoms with van der Waals surface area (Å²) in [7, 11) is 2.13. The van der Waals surface area contributed by atoms with Crippen molar-refractivity contribution in [2.75, 3.05) is 38.2 Å². The second-order valence-electron chi connectivity index (χ2n) is 5.84. The number of hydrazone groups is 1. The summed E-state index contributed by atoms with van der Waals surface area (Å²) in [6.07, 6.45) is 0.763. The van der Waals surface area contributed by atoms with Crippen LogP contribution in [-0.2, 0) is 9.59 Å². The van der Waals surface area contributed by atoms with Crippen molar-refractivity contribution in [1.29, 1.82) is 0 Å². The fourth-order valence-electron chi connectivity index (χ4n) is 2.75. The van der Waals surface area contributed by atoms with Crippen molar-refractivity contribution in [3.8, 4) is 0 Å². The second-order valence-corrected chi connectivity index (χ2v) is 5.84. The second kappa shape index (κ2) is 6.27. The van der Waals surface area contributed by atoms with Gasteiger partial charge in [0.15, 0.2) is 0 Å². The van der Waals surface area contributed by atoms with Crippen LogP contribution in [0.4, 0.5) is 5.69 Å². The number of nitrogens with one attached hydrogen (secondary N) is 1. The third-order valence-electron chi connectivity index (χ3n) is 4.18. The minimum absolute atomic E-state index is 0.0269. The molecule has 0 radical (unpaired) electrons. The highest BCUT2D eigenvalue weighted by atomic mass is 16.2. The highest BCUT2D eigenvalue weighted by Crippen LogP contribution is 2.20. The Balaban J connectivity index is 1.78. The number of carbonyl (C=O) groups is 2. The molecule has 3 rings (SSSR count). The van der Waals surface area contributed by atoms with Crippen molar-refractivity contribution in [3.63, 3.8) is 0 Å². The Bertz CT molecular complexity index is 591. The molecule has 2 aliphatic heterocycles. The number of nitrogens with zero attached hydrogens (tertiary/aromatic N) is 3. The molecule has 0 atom stereocenters. The molecule has 22 heavy (non-hydrogen) atoms. The fraction of sp³-hybridized carbons (Fsp3) is 0.438. The number of hydrogen-bond donors (Lipinski definition) is 1. The van der Waals surface area contributed by atoms with Crippen molar-refractivity contribution in [1.82, 2.24) is 4.90 Å². The molecule has 0 spiro atoms. The third-order valence-corrected chi connectivity index (χ3v) is 4.18. The van der Waals surface area contributed by atoms with Crippen LogP contribution in [0.25, 0.3) is 0 Å². The number of rotatable bonds is 2. The molecule has 6 nitrogen and oxygen atoms in total. The molecule has 0 bridgehead atoms. The molecule has 0 aliphatic carbocycles. The lowest BCUT2D eigenvalue weighted by molar-refractivity contribution is -0.883. The van der Waals surface area contributed by atoms with Crippen molar-refractivity contribution in [3.05, 3.63) is 30.3 Å². The van der Waals surface area contributed by atoms with Crippen LogP contribution in [0.5, 0.6) is 0 Å². The van der Waals surface area contributed by atoms with Gasteiger partial charge in [0.25, 0.3) is 5.91 Å². The minimum atomic E-state index is -0.0643. The minimum Gasteiger partial charge on any atom is -0.334 e. The van der Waals surface area contributed by atoms with Gasteiger partial charge in [0.1, 0.15) is 5.71 Å². The van der Waals surface area contributed by atoms with Crippen molar-refractivity contribution >= 4 is 23.2 Å². The standard InChI is InChI=1S/C16H20N4O2/c1-18-9-11-19(12-10-18)16(22)14-7-8-15(21)20(17-14)13-5-3-2-4-6-13/h2-6H,7-12H2,1H3/p+1. The molecular weight excluding hydrogens is 280 g/mol. The Hall–Kier alpha value is -2.21. The largest absolute Gasteiger partial charge is 0.334 e. The summed E-state index contributed by atoms with van der Waals surface area (Å²) in [6.45, 7) is 3.42. The van der Waals surface area contributed by atoms with Gasteiger partial charge in [-0.1, -0.05) is 18.2 Å². The van der Waals surface area contributed by atoms with Crippen LogP contribution in [0.15, 0.2) is 35.4 Å². The molecule has 6 heteroatoms. The molecule has 0 aromatic heterocycles. The van der Waals surface area contributed by atoms with Crippen LogP contribution in [0.3, 0.4) is 0 Å². The number of amides is 2. The van der Waals surface area contributed by atoms with E-state index < -0.39 is 0 Å². The predicted octanol–water partition coefficient (Wildman–Crippen LogP) is -0.474. The molecule has 1 aromatic rings. The van der Waals surface area contributed by atoms with Crippen molar-refractivity contribution in [2.24, 2.45) is 5.10 Å². The number of hydrogen-bond acceptors (Lipinski definition) is 3. The average molecular weight is 301 g/mol. The summed E-state index contributed by atoms with van der Waals surface area (Å²) in [4.78, 5) is 28.0. The summed E-state index contributed by atoms with van der Waals surface area (Å²) in [5.74, 6) is -0.0912. The highest BCUT2D eigenvalue weighted by molar-refractivity contribution is 6.40. The number of benzene rings is 1. The highest BCUT2D eigenvalue weighted by Gasteiger charge is 2.30. The number of likely N-dealkylation sites (N-methyl/N-ethyl adjacent to an activating group) is 1. The summed E-state index contributed by atoms with van der Waals surface area (Å²) in [6, 6.07) is 9.26. The van der Waals surface area contributed by atoms with Gasteiger partial charge in [-0.2, -0.15) is 5.10 Å². The number of anilines is 1. The Morgan fingerprint density at radius 1 is 1.14 bits per heavy atom. The van der Waals surface area contributed by atoms with Gasteiger partial charge in [-0.3, -0.25) is 9.59 Å². The van der Waals surface area contributed by atoms with Crippen molar-refractivity contribution < 1.29 is 14.5 Å². The van der Waals surface area contributed by atoms with E-state index in [1.807, 2.05) is 35.2 Å². The molecule has 2 aliphatic rings. The van der Waals surface area contributed by atoms with E-state index in [4.69, 9.17) is 0 Å². The van der Waals surface area contributed by atoms with E-state index in [-0.39, 0.29) is 11.8 Å². The Morgan fingerprint density at radius 2 is 1.82 bits per heavy atom. The van der Waals surface area contributed by atoms with E-state index in [0.717, 1.165) is 26.2 Å². The first-order valence-corrected chi connectivity index (χ1v) is 7.71. The number of carbonyl (C=O) groups excluding carboxylic acids is 2. The first-order valence-electron chi connectivity index (χ1n) is 7.71. The van der Waals surface area contributed by atoms with Gasteiger partial charge in [-0.25, -0.2) is 5.01 Å². The molecule has 1 saturated heterocycles. The van der Waals surface area contributed by atoms with Crippen LogP contribution < -0.4 is 9.91 Å². The molecule has 1 aromatic carbocycles. The zero-order chi connectivity index (χ0) is 15.5. The zero-order valence-corrected chi connectivity index (χ0v) is 12.8. The van der Waals surface area contributed by atoms with E-state index >= 15 is 0 Å². The van der Waals surface area contributed by atoms with Gasteiger partial charge in [0, 0.05) is 12.8 Å². The molecule has 0 saturated carbocycles. The van der Waals surface area contributed by atoms with Gasteiger partial charge < -0.3 is 9.80 Å². The number of quaternary nitrogens is 1. The third kappa shape index (κ3) is 3.01. The van der Waals surface area contributed by atoms with E-state index in [0.29, 0.717) is 24.2 Å². The fourth-order valence-corrected chi connectivity index (χ4v) is 2.75. The van der Waals surface area contributed by atoms with Crippen LogP contribution in [0, 0.1) is 0 Å². The SMILES string of the molecule is C[NH+]1CCN(C(=O)C2=NN(c3ccccc3)C(=O)CC2)CC1. The molecule has 2 heterocycles. The van der Waals surface area contributed by atoms with Gasteiger partial charge in [-0.05, 0) is 12.1 Å². The monoisotopic (exact) mass is 301 g/mol. The van der Waals surface area contributed by atoms with Gasteiger partial charge >= 0.3 is 0 Å². The van der Waals surface area contributed by atoms with E-state index in [2.05, 4.69) is 12.1 Å². The molecule has 1 N–H and O–H groups in total. The molecular formula is C16H21N4O2+. The number of para-hydroxylation sites is 1. The van der Waals surface area contributed by atoms with E-state index in [1.54, 1.807) is 0 Å². The first kappa shape index (κ1) is 14.7. The molecule has 2 amide bonds. The van der Waals surface area contributed by atoms with E-state index in [9.17, 15) is 9.59 Å². The topological polar surface area (TPSA) is 57.4 Å². The zero-order valence-electron chi connectivity index (χ0n) is 12.8. The average Bonchev–Trinajstić information content (AvgIpc) is 2.56. The maximum atomic E-state index is 12.6. The quantitative estimate of drug-likeness (QED) is 0.803. The Kier molecular flexibility index (Phi) is 4.20. The summed E-state index contributed by atoms with van der Waals surface area (Å²) < 4.78 is 0. The lowest BCUT2D eigenvalue weighted by Gasteiger charge is -2.31. The van der Waals surface area contributed by atoms with Crippen LogP contribution in [0.2, 0.25) is 0 Å². The molecule has 116 valence electrons. The lowest BCUT2D eigenvalue weighted by atomic mass is 10.1. The van der Waals surface area contributed by atoms with E-state index in [1.165, 1.54) is 9.91 Å². The van der Waals surface area contributed by atoms with Crippen molar-refractivity contribution in [2.45, 2.75) is 12.8 Å². The van der Waals surface area contributed by atoms with Gasteiger partial charge in [-0.15, -0.1) is 0 Å². The maximum absolute atomic E-state index is 12.6. The van der Waals surface area contributed by atoms with Crippen LogP contribution >= 0.6 is 0 Å².